The Morgan fingerprint density at radius 1 is 1.36 bits per heavy atom. The number of hydrogen-bond acceptors (Lipinski definition) is 4. The zero-order chi connectivity index (χ0) is 10.9. The van der Waals surface area contributed by atoms with E-state index in [2.05, 4.69) is 0 Å². The van der Waals surface area contributed by atoms with Crippen molar-refractivity contribution in [3.8, 4) is 0 Å². The molecule has 0 aliphatic heterocycles. The van der Waals surface area contributed by atoms with E-state index in [1.54, 1.807) is 0 Å². The largest absolute Gasteiger partial charge is 0.492 e. The van der Waals surface area contributed by atoms with E-state index in [4.69, 9.17) is 15.2 Å². The summed E-state index contributed by atoms with van der Waals surface area (Å²) < 4.78 is 34.8. The highest BCUT2D eigenvalue weighted by molar-refractivity contribution is 7.89. The molecule has 0 aliphatic carbocycles. The van der Waals surface area contributed by atoms with Crippen molar-refractivity contribution in [3.05, 3.63) is 24.0 Å². The number of nitrogens with two attached hydrogens (primary N) is 1. The third-order valence-corrected chi connectivity index (χ3v) is 2.55. The van der Waals surface area contributed by atoms with Crippen molar-refractivity contribution in [1.29, 1.82) is 0 Å². The summed E-state index contributed by atoms with van der Waals surface area (Å²) in [5, 5.41) is 22.2. The summed E-state index contributed by atoms with van der Waals surface area (Å²) in [4.78, 5) is -0.632. The van der Waals surface area contributed by atoms with Crippen molar-refractivity contribution < 1.29 is 22.9 Å². The summed E-state index contributed by atoms with van der Waals surface area (Å²) in [6, 6.07) is 3.01. The van der Waals surface area contributed by atoms with Crippen LogP contribution in [0.15, 0.2) is 23.1 Å². The van der Waals surface area contributed by atoms with E-state index in [1.807, 2.05) is 0 Å². The molecular formula is C6H7BFNO4S. The van der Waals surface area contributed by atoms with Gasteiger partial charge in [0.05, 0.1) is 4.90 Å². The minimum Gasteiger partial charge on any atom is -0.423 e. The minimum atomic E-state index is -4.16. The molecule has 8 heteroatoms. The molecule has 1 aromatic carbocycles. The van der Waals surface area contributed by atoms with Crippen LogP contribution in [0.5, 0.6) is 0 Å². The van der Waals surface area contributed by atoms with E-state index in [0.29, 0.717) is 0 Å². The van der Waals surface area contributed by atoms with Crippen LogP contribution in [0.4, 0.5) is 4.39 Å². The van der Waals surface area contributed by atoms with Crippen LogP contribution in [-0.2, 0) is 10.0 Å². The Balaban J connectivity index is 3.52. The third kappa shape index (κ3) is 2.10. The predicted octanol–water partition coefficient (Wildman–Crippen LogP) is -1.85. The molecule has 0 aromatic heterocycles. The van der Waals surface area contributed by atoms with Crippen molar-refractivity contribution in [2.75, 3.05) is 0 Å². The minimum absolute atomic E-state index is 0.632. The summed E-state index contributed by atoms with van der Waals surface area (Å²) in [6.45, 7) is 0. The van der Waals surface area contributed by atoms with Gasteiger partial charge >= 0.3 is 7.12 Å². The Kier molecular flexibility index (Phi) is 2.91. The molecule has 0 saturated heterocycles. The normalized spacial score (nSPS) is 11.4. The smallest absolute Gasteiger partial charge is 0.423 e. The van der Waals surface area contributed by atoms with Crippen molar-refractivity contribution in [2.45, 2.75) is 4.90 Å². The first-order chi connectivity index (χ1) is 6.34. The molecule has 5 nitrogen and oxygen atoms in total. The monoisotopic (exact) mass is 219 g/mol. The molecule has 1 rings (SSSR count). The maximum absolute atomic E-state index is 13.0. The van der Waals surface area contributed by atoms with Gasteiger partial charge in [0, 0.05) is 5.46 Å². The van der Waals surface area contributed by atoms with E-state index < -0.39 is 33.3 Å². The Morgan fingerprint density at radius 2 is 1.93 bits per heavy atom. The number of sulfonamides is 1. The number of hydrogen-bond donors (Lipinski definition) is 3. The first kappa shape index (κ1) is 11.1. The number of rotatable bonds is 2. The van der Waals surface area contributed by atoms with Crippen LogP contribution < -0.4 is 10.6 Å². The molecule has 0 amide bonds. The molecule has 4 N–H and O–H groups in total. The second-order valence-electron chi connectivity index (χ2n) is 2.57. The number of primary sulfonamides is 1. The zero-order valence-corrected chi connectivity index (χ0v) is 7.70. The maximum Gasteiger partial charge on any atom is 0.492 e. The molecule has 0 atom stereocenters. The van der Waals surface area contributed by atoms with Crippen LogP contribution in [0.3, 0.4) is 0 Å². The standard InChI is InChI=1S/C6H7BFNO4S/c8-4-2-1-3-5(14(9,12)13)6(4)7(10)11/h1-3,10-11H,(H2,9,12,13). The Labute approximate surface area is 80.2 Å². The van der Waals surface area contributed by atoms with E-state index >= 15 is 0 Å². The van der Waals surface area contributed by atoms with Gasteiger partial charge in [-0.15, -0.1) is 0 Å². The van der Waals surface area contributed by atoms with Crippen LogP contribution in [0.2, 0.25) is 0 Å². The van der Waals surface area contributed by atoms with Gasteiger partial charge in [-0.1, -0.05) is 6.07 Å². The fourth-order valence-corrected chi connectivity index (χ4v) is 1.79. The fraction of sp³-hybridized carbons (Fsp3) is 0. The van der Waals surface area contributed by atoms with Crippen molar-refractivity contribution >= 4 is 22.6 Å². The van der Waals surface area contributed by atoms with Crippen LogP contribution in [0.1, 0.15) is 0 Å². The van der Waals surface area contributed by atoms with Gasteiger partial charge in [-0.2, -0.15) is 0 Å². The second-order valence-corrected chi connectivity index (χ2v) is 4.10. The molecule has 76 valence electrons. The second kappa shape index (κ2) is 3.66. The average Bonchev–Trinajstić information content (AvgIpc) is 2.01. The number of halogens is 1. The van der Waals surface area contributed by atoms with Crippen LogP contribution in [0, 0.1) is 5.82 Å². The lowest BCUT2D eigenvalue weighted by Gasteiger charge is -2.06. The van der Waals surface area contributed by atoms with Crippen LogP contribution in [0.25, 0.3) is 0 Å². The van der Waals surface area contributed by atoms with Crippen LogP contribution in [-0.4, -0.2) is 25.6 Å². The topological polar surface area (TPSA) is 101 Å². The van der Waals surface area contributed by atoms with Crippen LogP contribution >= 0.6 is 0 Å². The molecule has 0 saturated carbocycles. The molecule has 14 heavy (non-hydrogen) atoms. The highest BCUT2D eigenvalue weighted by atomic mass is 32.2. The van der Waals surface area contributed by atoms with Crippen molar-refractivity contribution in [1.82, 2.24) is 0 Å². The molecule has 0 fully saturated rings. The van der Waals surface area contributed by atoms with Gasteiger partial charge in [-0.25, -0.2) is 17.9 Å². The molecule has 1 aromatic rings. The molecule has 0 bridgehead atoms. The summed E-state index contributed by atoms with van der Waals surface area (Å²) in [7, 11) is -6.38. The predicted molar refractivity (Wildman–Crippen MR) is 47.6 cm³/mol. The lowest BCUT2D eigenvalue weighted by Crippen LogP contribution is -2.38. The van der Waals surface area contributed by atoms with Gasteiger partial charge in [-0.05, 0) is 12.1 Å². The fourth-order valence-electron chi connectivity index (χ4n) is 1.02. The van der Waals surface area contributed by atoms with E-state index in [-0.39, 0.29) is 0 Å². The third-order valence-electron chi connectivity index (χ3n) is 1.58. The quantitative estimate of drug-likeness (QED) is 0.508. The summed E-state index contributed by atoms with van der Waals surface area (Å²) in [6.07, 6.45) is 0. The van der Waals surface area contributed by atoms with Gasteiger partial charge in [-0.3, -0.25) is 0 Å². The molecule has 0 heterocycles. The molecule has 0 aliphatic rings. The summed E-state index contributed by atoms with van der Waals surface area (Å²) in [5.41, 5.74) is -0.741. The Morgan fingerprint density at radius 3 is 2.29 bits per heavy atom. The average molecular weight is 219 g/mol. The highest BCUT2D eigenvalue weighted by Gasteiger charge is 2.25. The summed E-state index contributed by atoms with van der Waals surface area (Å²) >= 11 is 0. The first-order valence-corrected chi connectivity index (χ1v) is 5.06. The molecule has 0 spiro atoms. The van der Waals surface area contributed by atoms with Gasteiger partial charge in [0.15, 0.2) is 0 Å². The number of benzene rings is 1. The SMILES string of the molecule is NS(=O)(=O)c1cccc(F)c1B(O)O. The van der Waals surface area contributed by atoms with Crippen molar-refractivity contribution in [3.63, 3.8) is 0 Å². The van der Waals surface area contributed by atoms with E-state index in [9.17, 15) is 12.8 Å². The molecular weight excluding hydrogens is 212 g/mol. The Bertz CT molecular complexity index is 447. The first-order valence-electron chi connectivity index (χ1n) is 3.51. The van der Waals surface area contributed by atoms with Crippen molar-refractivity contribution in [2.24, 2.45) is 5.14 Å². The van der Waals surface area contributed by atoms with E-state index in [0.717, 1.165) is 18.2 Å². The van der Waals surface area contributed by atoms with Gasteiger partial charge in [0.2, 0.25) is 10.0 Å². The van der Waals surface area contributed by atoms with E-state index in [1.165, 1.54) is 0 Å². The lowest BCUT2D eigenvalue weighted by atomic mass is 9.80. The molecule has 0 unspecified atom stereocenters. The highest BCUT2D eigenvalue weighted by Crippen LogP contribution is 2.06. The zero-order valence-electron chi connectivity index (χ0n) is 6.88. The lowest BCUT2D eigenvalue weighted by molar-refractivity contribution is 0.421. The van der Waals surface area contributed by atoms with Gasteiger partial charge < -0.3 is 10.0 Å². The van der Waals surface area contributed by atoms with Gasteiger partial charge in [0.1, 0.15) is 5.82 Å². The summed E-state index contributed by atoms with van der Waals surface area (Å²) in [5.74, 6) is -1.04. The molecule has 0 radical (unpaired) electrons. The maximum atomic E-state index is 13.0. The van der Waals surface area contributed by atoms with Gasteiger partial charge in [0.25, 0.3) is 0 Å². The Hall–Kier alpha value is -0.955.